The molecule has 72 valence electrons. The first-order valence-corrected chi connectivity index (χ1v) is 17.3. The van der Waals surface area contributed by atoms with Gasteiger partial charge in [0.05, 0.1) is 0 Å². The van der Waals surface area contributed by atoms with E-state index in [0.717, 1.165) is 0 Å². The molecule has 0 aliphatic carbocycles. The second-order valence-corrected chi connectivity index (χ2v) is 63.6. The van der Waals surface area contributed by atoms with E-state index >= 15 is 0 Å². The van der Waals surface area contributed by atoms with Gasteiger partial charge in [-0.3, -0.25) is 0 Å². The van der Waals surface area contributed by atoms with Crippen molar-refractivity contribution in [1.29, 1.82) is 0 Å². The highest BCUT2D eigenvalue weighted by Crippen LogP contribution is 2.95. The molecule has 0 rings (SSSR count). The highest BCUT2D eigenvalue weighted by atomic mass is 127. The Kier molecular flexibility index (Phi) is 7.76. The predicted octanol–water partition coefficient (Wildman–Crippen LogP) is 6.04. The molecule has 0 saturated carbocycles. The van der Waals surface area contributed by atoms with Gasteiger partial charge in [0, 0.05) is 0 Å². The van der Waals surface area contributed by atoms with Crippen molar-refractivity contribution in [2.75, 3.05) is 5.75 Å². The third-order valence-corrected chi connectivity index (χ3v) is 8.13. The number of thiol groups is 1. The lowest BCUT2D eigenvalue weighted by molar-refractivity contribution is 0.707. The third kappa shape index (κ3) is 13.3. The molecular formula is C6H14I4S. The van der Waals surface area contributed by atoms with E-state index in [9.17, 15) is 0 Å². The molecule has 0 nitrogen and oxygen atoms in total. The summed E-state index contributed by atoms with van der Waals surface area (Å²) in [6.45, 7) is 2.27. The lowest BCUT2D eigenvalue weighted by atomic mass is 10.2. The zero-order valence-electron chi connectivity index (χ0n) is 6.49. The van der Waals surface area contributed by atoms with E-state index in [1.54, 1.807) is 0 Å². The number of unbranched alkanes of at least 4 members (excludes halogenated alkanes) is 3. The van der Waals surface area contributed by atoms with Crippen LogP contribution in [0, 0.1) is 0 Å². The maximum atomic E-state index is 2.65. The minimum Gasteiger partial charge on any atom is -0.116 e. The van der Waals surface area contributed by atoms with Crippen LogP contribution >= 0.6 is 82.7 Å². The third-order valence-electron chi connectivity index (χ3n) is 1.35. The Morgan fingerprint density at radius 1 is 0.909 bits per heavy atom. The van der Waals surface area contributed by atoms with Crippen molar-refractivity contribution in [3.8, 4) is 0 Å². The van der Waals surface area contributed by atoms with E-state index in [4.69, 9.17) is 0 Å². The van der Waals surface area contributed by atoms with Crippen LogP contribution in [0.5, 0.6) is 0 Å². The summed E-state index contributed by atoms with van der Waals surface area (Å²) in [7, 11) is 0. The number of halogens is 4. The molecule has 0 fully saturated rings. The molecule has 0 amide bonds. The maximum absolute atomic E-state index is 2.65. The summed E-state index contributed by atoms with van der Waals surface area (Å²) in [5, 5.41) is 0. The van der Waals surface area contributed by atoms with Gasteiger partial charge in [0.25, 0.3) is 0 Å². The zero-order valence-corrected chi connectivity index (χ0v) is 16.0. The smallest absolute Gasteiger partial charge is 0.00685 e. The number of hydrogen-bond acceptors (Lipinski definition) is 0. The summed E-state index contributed by atoms with van der Waals surface area (Å²) in [5.41, 5.74) is 0. The normalized spacial score (nSPS) is 15.9. The van der Waals surface area contributed by atoms with Crippen LogP contribution in [0.15, 0.2) is 0 Å². The molecule has 0 radical (unpaired) electrons. The highest BCUT2D eigenvalue weighted by Gasteiger charge is 2.25. The molecule has 0 saturated heterocycles. The first kappa shape index (κ1) is 14.3. The van der Waals surface area contributed by atoms with Crippen molar-refractivity contribution < 1.29 is 0 Å². The van der Waals surface area contributed by atoms with E-state index in [0.29, 0.717) is 0 Å². The summed E-state index contributed by atoms with van der Waals surface area (Å²) in [6.07, 6.45) is 5.60. The van der Waals surface area contributed by atoms with Crippen LogP contribution in [0.25, 0.3) is 0 Å². The molecule has 0 aromatic rings. The monoisotopic (exact) mass is 626 g/mol. The SMILES string of the molecule is CCCCCC[SH](I)(I)(I)I. The van der Waals surface area contributed by atoms with Crippen molar-refractivity contribution in [2.45, 2.75) is 32.6 Å². The molecule has 0 aromatic heterocycles. The minimum absolute atomic E-state index is 1.28. The Bertz CT molecular complexity index is 108. The zero-order chi connectivity index (χ0) is 8.98. The second kappa shape index (κ2) is 5.99. The average molecular weight is 626 g/mol. The number of hydrogen-bond donors (Lipinski definition) is 1. The average Bonchev–Trinajstić information content (AvgIpc) is 1.76. The quantitative estimate of drug-likeness (QED) is 0.215. The molecule has 0 aromatic carbocycles. The van der Waals surface area contributed by atoms with Gasteiger partial charge in [0.1, 0.15) is 0 Å². The minimum atomic E-state index is -1.28. The predicted molar refractivity (Wildman–Crippen MR) is 94.1 cm³/mol. The van der Waals surface area contributed by atoms with Gasteiger partial charge in [0.2, 0.25) is 0 Å². The Morgan fingerprint density at radius 2 is 1.45 bits per heavy atom. The maximum Gasteiger partial charge on any atom is -0.00685 e. The van der Waals surface area contributed by atoms with Crippen molar-refractivity contribution >= 4 is 82.7 Å². The van der Waals surface area contributed by atoms with Crippen LogP contribution in [0.2, 0.25) is 0 Å². The van der Waals surface area contributed by atoms with Gasteiger partial charge in [-0.15, -0.1) is -2.15 Å². The molecular weight excluding hydrogens is 612 g/mol. The lowest BCUT2D eigenvalue weighted by Crippen LogP contribution is -1.89. The van der Waals surface area contributed by atoms with Gasteiger partial charge in [0.15, 0.2) is 0 Å². The van der Waals surface area contributed by atoms with Crippen molar-refractivity contribution in [2.24, 2.45) is 0 Å². The topological polar surface area (TPSA) is 0 Å². The second-order valence-electron chi connectivity index (χ2n) is 2.65. The van der Waals surface area contributed by atoms with Gasteiger partial charge >= 0.3 is 0 Å². The molecule has 0 heterocycles. The summed E-state index contributed by atoms with van der Waals surface area (Å²) < 4.78 is -1.28. The van der Waals surface area contributed by atoms with E-state index in [-0.39, 0.29) is 0 Å². The van der Waals surface area contributed by atoms with E-state index in [1.807, 2.05) is 0 Å². The largest absolute Gasteiger partial charge is 0.116 e. The molecule has 0 aliphatic heterocycles. The fourth-order valence-electron chi connectivity index (χ4n) is 0.778. The van der Waals surface area contributed by atoms with Gasteiger partial charge in [-0.25, -0.2) is 0 Å². The van der Waals surface area contributed by atoms with Crippen LogP contribution in [0.1, 0.15) is 32.6 Å². The summed E-state index contributed by atoms with van der Waals surface area (Å²) >= 11 is 10.6. The molecule has 0 spiro atoms. The Balaban J connectivity index is 3.40. The van der Waals surface area contributed by atoms with E-state index in [2.05, 4.69) is 91.7 Å². The first-order valence-electron chi connectivity index (χ1n) is 3.70. The van der Waals surface area contributed by atoms with E-state index < -0.39 is -2.15 Å². The molecule has 0 bridgehead atoms. The summed E-state index contributed by atoms with van der Waals surface area (Å²) in [4.78, 5) is 0. The Labute approximate surface area is 118 Å². The van der Waals surface area contributed by atoms with Crippen LogP contribution in [-0.2, 0) is 0 Å². The Morgan fingerprint density at radius 3 is 1.82 bits per heavy atom. The van der Waals surface area contributed by atoms with Crippen molar-refractivity contribution in [1.82, 2.24) is 0 Å². The van der Waals surface area contributed by atoms with Gasteiger partial charge in [-0.2, -0.15) is 0 Å². The molecule has 0 unspecified atom stereocenters. The Hall–Kier alpha value is 3.27. The van der Waals surface area contributed by atoms with Crippen LogP contribution < -0.4 is 0 Å². The molecule has 0 N–H and O–H groups in total. The van der Waals surface area contributed by atoms with Gasteiger partial charge in [-0.05, 0) is 97.0 Å². The standard InChI is InChI=1S/C6H14I4S/c1-2-3-4-5-6-11(7,8,9)10/h11H,2-6H2,1H3. The molecule has 0 aliphatic rings. The fraction of sp³-hybridized carbons (Fsp3) is 1.00. The van der Waals surface area contributed by atoms with Crippen molar-refractivity contribution in [3.63, 3.8) is 0 Å². The van der Waals surface area contributed by atoms with Crippen LogP contribution in [0.3, 0.4) is 0 Å². The van der Waals surface area contributed by atoms with Gasteiger partial charge in [-0.1, -0.05) is 26.2 Å². The first-order chi connectivity index (χ1) is 4.81. The fourth-order valence-corrected chi connectivity index (χ4v) is 5.57. The van der Waals surface area contributed by atoms with Gasteiger partial charge < -0.3 is 0 Å². The summed E-state index contributed by atoms with van der Waals surface area (Å²) in [5.74, 6) is 1.42. The van der Waals surface area contributed by atoms with Crippen LogP contribution in [-0.4, -0.2) is 5.75 Å². The molecule has 11 heavy (non-hydrogen) atoms. The summed E-state index contributed by atoms with van der Waals surface area (Å²) in [6, 6.07) is 0. The lowest BCUT2D eigenvalue weighted by Gasteiger charge is -2.37. The highest BCUT2D eigenvalue weighted by molar-refractivity contribution is 14.6. The van der Waals surface area contributed by atoms with Crippen LogP contribution in [0.4, 0.5) is 0 Å². The number of rotatable bonds is 5. The van der Waals surface area contributed by atoms with Crippen molar-refractivity contribution in [3.05, 3.63) is 0 Å². The molecule has 0 atom stereocenters. The van der Waals surface area contributed by atoms with E-state index in [1.165, 1.54) is 31.4 Å². The molecule has 5 heteroatoms.